The molecule has 0 aliphatic carbocycles. The van der Waals surface area contributed by atoms with E-state index in [1.54, 1.807) is 6.07 Å². The molecule has 0 saturated carbocycles. The van der Waals surface area contributed by atoms with Crippen LogP contribution in [0.3, 0.4) is 0 Å². The summed E-state index contributed by atoms with van der Waals surface area (Å²) in [6.45, 7) is 8.36. The van der Waals surface area contributed by atoms with Crippen LogP contribution in [0.25, 0.3) is 0 Å². The molecule has 5 nitrogen and oxygen atoms in total. The number of nitrogens with zero attached hydrogens (tertiary/aromatic N) is 1. The summed E-state index contributed by atoms with van der Waals surface area (Å²) in [4.78, 5) is 26.0. The van der Waals surface area contributed by atoms with Crippen LogP contribution in [-0.2, 0) is 20.7 Å². The summed E-state index contributed by atoms with van der Waals surface area (Å²) in [6, 6.07) is 7.36. The van der Waals surface area contributed by atoms with Crippen LogP contribution in [0.2, 0.25) is 0 Å². The van der Waals surface area contributed by atoms with Crippen molar-refractivity contribution in [2.24, 2.45) is 5.92 Å². The highest BCUT2D eigenvalue weighted by Crippen LogP contribution is 2.18. The fourth-order valence-corrected chi connectivity index (χ4v) is 2.70. The third kappa shape index (κ3) is 4.93. The van der Waals surface area contributed by atoms with Crippen molar-refractivity contribution in [3.63, 3.8) is 0 Å². The van der Waals surface area contributed by atoms with Crippen molar-refractivity contribution in [3.05, 3.63) is 42.5 Å². The fourth-order valence-electron chi connectivity index (χ4n) is 2.70. The summed E-state index contributed by atoms with van der Waals surface area (Å²) in [6.07, 6.45) is 2.50. The van der Waals surface area contributed by atoms with Gasteiger partial charge < -0.3 is 15.0 Å². The first-order valence-electron chi connectivity index (χ1n) is 8.00. The molecule has 2 rings (SSSR count). The van der Waals surface area contributed by atoms with Gasteiger partial charge in [-0.15, -0.1) is 0 Å². The number of rotatable bonds is 7. The van der Waals surface area contributed by atoms with Gasteiger partial charge in [-0.1, -0.05) is 24.8 Å². The van der Waals surface area contributed by atoms with E-state index in [2.05, 4.69) is 11.9 Å². The lowest BCUT2D eigenvalue weighted by Gasteiger charge is -2.24. The standard InChI is InChI=1S/C18H24N2O3/c1-3-17(21)19-16-8-6-5-7-15(16)11-18(22)20(4-2)12-14-9-10-23-13-14/h3,5-8,14H,1,4,9-13H2,2H3,(H,19,21). The van der Waals surface area contributed by atoms with Crippen molar-refractivity contribution < 1.29 is 14.3 Å². The SMILES string of the molecule is C=CC(=O)Nc1ccccc1CC(=O)N(CC)CC1CCOC1. The summed E-state index contributed by atoms with van der Waals surface area (Å²) >= 11 is 0. The molecule has 0 aromatic heterocycles. The topological polar surface area (TPSA) is 58.6 Å². The predicted molar refractivity (Wildman–Crippen MR) is 90.2 cm³/mol. The summed E-state index contributed by atoms with van der Waals surface area (Å²) in [5.41, 5.74) is 1.47. The molecule has 1 atom stereocenters. The van der Waals surface area contributed by atoms with E-state index in [-0.39, 0.29) is 18.2 Å². The molecule has 1 unspecified atom stereocenters. The first-order valence-corrected chi connectivity index (χ1v) is 8.00. The van der Waals surface area contributed by atoms with Gasteiger partial charge in [0, 0.05) is 31.3 Å². The van der Waals surface area contributed by atoms with E-state index >= 15 is 0 Å². The van der Waals surface area contributed by atoms with E-state index in [0.717, 1.165) is 31.7 Å². The third-order valence-electron chi connectivity index (χ3n) is 4.04. The molecule has 0 radical (unpaired) electrons. The minimum atomic E-state index is -0.277. The Balaban J connectivity index is 2.02. The molecule has 5 heteroatoms. The van der Waals surface area contributed by atoms with Crippen LogP contribution in [0.4, 0.5) is 5.69 Å². The molecule has 0 bridgehead atoms. The quantitative estimate of drug-likeness (QED) is 0.785. The van der Waals surface area contributed by atoms with Gasteiger partial charge in [0.05, 0.1) is 13.0 Å². The molecule has 1 fully saturated rings. The monoisotopic (exact) mass is 316 g/mol. The average molecular weight is 316 g/mol. The van der Waals surface area contributed by atoms with E-state index < -0.39 is 0 Å². The summed E-state index contributed by atoms with van der Waals surface area (Å²) in [5.74, 6) is 0.217. The Morgan fingerprint density at radius 1 is 1.43 bits per heavy atom. The third-order valence-corrected chi connectivity index (χ3v) is 4.04. The Kier molecular flexibility index (Phi) is 6.35. The van der Waals surface area contributed by atoms with E-state index in [0.29, 0.717) is 18.2 Å². The highest BCUT2D eigenvalue weighted by Gasteiger charge is 2.22. The molecule has 2 amide bonds. The Morgan fingerprint density at radius 3 is 2.87 bits per heavy atom. The zero-order valence-electron chi connectivity index (χ0n) is 13.6. The zero-order valence-corrected chi connectivity index (χ0v) is 13.6. The van der Waals surface area contributed by atoms with Gasteiger partial charge in [0.25, 0.3) is 0 Å². The van der Waals surface area contributed by atoms with Crippen molar-refractivity contribution in [2.75, 3.05) is 31.6 Å². The summed E-state index contributed by atoms with van der Waals surface area (Å²) < 4.78 is 5.38. The van der Waals surface area contributed by atoms with Crippen molar-refractivity contribution >= 4 is 17.5 Å². The minimum absolute atomic E-state index is 0.0692. The number of carbonyl (C=O) groups excluding carboxylic acids is 2. The average Bonchev–Trinajstić information content (AvgIpc) is 3.07. The predicted octanol–water partition coefficient (Wildman–Crippen LogP) is 2.24. The van der Waals surface area contributed by atoms with Gasteiger partial charge >= 0.3 is 0 Å². The van der Waals surface area contributed by atoms with Crippen LogP contribution in [0.15, 0.2) is 36.9 Å². The fraction of sp³-hybridized carbons (Fsp3) is 0.444. The van der Waals surface area contributed by atoms with Gasteiger partial charge in [-0.3, -0.25) is 9.59 Å². The van der Waals surface area contributed by atoms with Gasteiger partial charge in [-0.25, -0.2) is 0 Å². The van der Waals surface area contributed by atoms with Crippen LogP contribution in [0.1, 0.15) is 18.9 Å². The molecule has 1 aliphatic rings. The van der Waals surface area contributed by atoms with E-state index in [9.17, 15) is 9.59 Å². The Morgan fingerprint density at radius 2 is 2.22 bits per heavy atom. The molecule has 1 aliphatic heterocycles. The molecule has 1 heterocycles. The smallest absolute Gasteiger partial charge is 0.247 e. The highest BCUT2D eigenvalue weighted by molar-refractivity contribution is 5.99. The normalized spacial score (nSPS) is 16.8. The van der Waals surface area contributed by atoms with Crippen molar-refractivity contribution in [1.82, 2.24) is 4.90 Å². The van der Waals surface area contributed by atoms with Crippen molar-refractivity contribution in [1.29, 1.82) is 0 Å². The lowest BCUT2D eigenvalue weighted by molar-refractivity contribution is -0.131. The molecule has 1 saturated heterocycles. The molecule has 23 heavy (non-hydrogen) atoms. The summed E-state index contributed by atoms with van der Waals surface area (Å²) in [7, 11) is 0. The molecule has 1 aromatic carbocycles. The van der Waals surface area contributed by atoms with Crippen molar-refractivity contribution in [2.45, 2.75) is 19.8 Å². The molecule has 0 spiro atoms. The Hall–Kier alpha value is -2.14. The molecule has 124 valence electrons. The number of para-hydroxylation sites is 1. The Bertz CT molecular complexity index is 565. The minimum Gasteiger partial charge on any atom is -0.381 e. The molecule has 1 N–H and O–H groups in total. The number of likely N-dealkylation sites (N-methyl/N-ethyl adjacent to an activating group) is 1. The van der Waals surface area contributed by atoms with Crippen LogP contribution in [0, 0.1) is 5.92 Å². The second-order valence-corrected chi connectivity index (χ2v) is 5.69. The number of nitrogens with one attached hydrogen (secondary N) is 1. The van der Waals surface area contributed by atoms with Crippen molar-refractivity contribution in [3.8, 4) is 0 Å². The largest absolute Gasteiger partial charge is 0.381 e. The molecular weight excluding hydrogens is 292 g/mol. The maximum absolute atomic E-state index is 12.6. The van der Waals surface area contributed by atoms with E-state index in [1.807, 2.05) is 30.0 Å². The van der Waals surface area contributed by atoms with Crippen LogP contribution in [0.5, 0.6) is 0 Å². The van der Waals surface area contributed by atoms with Crippen LogP contribution in [-0.4, -0.2) is 43.0 Å². The number of amides is 2. The first-order chi connectivity index (χ1) is 11.1. The second-order valence-electron chi connectivity index (χ2n) is 5.69. The van der Waals surface area contributed by atoms with Crippen LogP contribution >= 0.6 is 0 Å². The van der Waals surface area contributed by atoms with Gasteiger partial charge in [0.2, 0.25) is 11.8 Å². The number of hydrogen-bond acceptors (Lipinski definition) is 3. The van der Waals surface area contributed by atoms with Gasteiger partial charge in [0.15, 0.2) is 0 Å². The molecule has 1 aromatic rings. The zero-order chi connectivity index (χ0) is 16.7. The highest BCUT2D eigenvalue weighted by atomic mass is 16.5. The maximum atomic E-state index is 12.6. The Labute approximate surface area is 137 Å². The lowest BCUT2D eigenvalue weighted by atomic mass is 10.1. The maximum Gasteiger partial charge on any atom is 0.247 e. The lowest BCUT2D eigenvalue weighted by Crippen LogP contribution is -2.36. The molecular formula is C18H24N2O3. The number of carbonyl (C=O) groups is 2. The number of ether oxygens (including phenoxy) is 1. The van der Waals surface area contributed by atoms with E-state index in [4.69, 9.17) is 4.74 Å². The number of anilines is 1. The van der Waals surface area contributed by atoms with Gasteiger partial charge in [0.1, 0.15) is 0 Å². The number of hydrogen-bond donors (Lipinski definition) is 1. The number of benzene rings is 1. The first kappa shape index (κ1) is 17.2. The summed E-state index contributed by atoms with van der Waals surface area (Å²) in [5, 5.41) is 2.75. The second kappa shape index (κ2) is 8.48. The van der Waals surface area contributed by atoms with Gasteiger partial charge in [-0.05, 0) is 31.1 Å². The van der Waals surface area contributed by atoms with Gasteiger partial charge in [-0.2, -0.15) is 0 Å². The van der Waals surface area contributed by atoms with Crippen LogP contribution < -0.4 is 5.32 Å². The van der Waals surface area contributed by atoms with E-state index in [1.165, 1.54) is 6.08 Å².